The van der Waals surface area contributed by atoms with E-state index in [4.69, 9.17) is 23.2 Å². The number of benzene rings is 2. The molecule has 1 saturated heterocycles. The monoisotopic (exact) mass is 494 g/mol. The standard InChI is InChI=1S/C19H18Cl2F2N2O3S2/c20-13-1-6-16(21)17(11-13)30(27,28)25-9-7-12(8-10-25)18(26)24-14-2-4-15(5-3-14)29-19(22)23/h1-6,11-12,19H,7-10H2,(H,24,26). The van der Waals surface area contributed by atoms with Gasteiger partial charge in [0, 0.05) is 34.6 Å². The molecule has 0 spiro atoms. The maximum Gasteiger partial charge on any atom is 0.288 e. The molecule has 1 N–H and O–H groups in total. The molecule has 0 bridgehead atoms. The Labute approximate surface area is 187 Å². The fourth-order valence-corrected chi connectivity index (χ4v) is 5.84. The van der Waals surface area contributed by atoms with Gasteiger partial charge in [-0.3, -0.25) is 4.79 Å². The molecule has 5 nitrogen and oxygen atoms in total. The van der Waals surface area contributed by atoms with Crippen LogP contribution in [-0.2, 0) is 14.8 Å². The van der Waals surface area contributed by atoms with Crippen molar-refractivity contribution < 1.29 is 22.0 Å². The number of alkyl halides is 2. The second kappa shape index (κ2) is 9.82. The summed E-state index contributed by atoms with van der Waals surface area (Å²) in [6.45, 7) is 0.348. The number of sulfonamides is 1. The molecule has 30 heavy (non-hydrogen) atoms. The van der Waals surface area contributed by atoms with Gasteiger partial charge in [-0.25, -0.2) is 8.42 Å². The fraction of sp³-hybridized carbons (Fsp3) is 0.316. The van der Waals surface area contributed by atoms with Crippen LogP contribution >= 0.6 is 35.0 Å². The first-order chi connectivity index (χ1) is 14.2. The average molecular weight is 495 g/mol. The number of hydrogen-bond donors (Lipinski definition) is 1. The zero-order valence-electron chi connectivity index (χ0n) is 15.5. The molecule has 0 atom stereocenters. The number of amides is 1. The quantitative estimate of drug-likeness (QED) is 0.549. The fourth-order valence-electron chi connectivity index (χ4n) is 3.14. The van der Waals surface area contributed by atoms with Crippen LogP contribution in [0.5, 0.6) is 0 Å². The predicted octanol–water partition coefficient (Wildman–Crippen LogP) is 5.35. The first-order valence-electron chi connectivity index (χ1n) is 8.98. The topological polar surface area (TPSA) is 66.5 Å². The lowest BCUT2D eigenvalue weighted by Gasteiger charge is -2.30. The summed E-state index contributed by atoms with van der Waals surface area (Å²) < 4.78 is 51.8. The minimum Gasteiger partial charge on any atom is -0.326 e. The zero-order valence-corrected chi connectivity index (χ0v) is 18.7. The van der Waals surface area contributed by atoms with Crippen LogP contribution in [0.2, 0.25) is 10.0 Å². The van der Waals surface area contributed by atoms with Gasteiger partial charge >= 0.3 is 0 Å². The van der Waals surface area contributed by atoms with E-state index in [9.17, 15) is 22.0 Å². The van der Waals surface area contributed by atoms with Gasteiger partial charge in [0.15, 0.2) is 0 Å². The normalized spacial score (nSPS) is 16.0. The molecule has 0 saturated carbocycles. The summed E-state index contributed by atoms with van der Waals surface area (Å²) in [6.07, 6.45) is 0.700. The summed E-state index contributed by atoms with van der Waals surface area (Å²) in [5, 5.41) is 3.11. The second-order valence-corrected chi connectivity index (χ2v) is 10.5. The summed E-state index contributed by atoms with van der Waals surface area (Å²) in [6, 6.07) is 10.4. The van der Waals surface area contributed by atoms with E-state index in [1.165, 1.54) is 34.6 Å². The van der Waals surface area contributed by atoms with Crippen molar-refractivity contribution in [3.8, 4) is 0 Å². The summed E-state index contributed by atoms with van der Waals surface area (Å²) in [4.78, 5) is 12.9. The van der Waals surface area contributed by atoms with Crippen LogP contribution < -0.4 is 5.32 Å². The maximum atomic E-state index is 12.9. The summed E-state index contributed by atoms with van der Waals surface area (Å²) in [5.74, 6) is -3.10. The highest BCUT2D eigenvalue weighted by molar-refractivity contribution is 7.99. The van der Waals surface area contributed by atoms with E-state index in [1.807, 2.05) is 0 Å². The molecule has 1 fully saturated rings. The van der Waals surface area contributed by atoms with Gasteiger partial charge in [0.1, 0.15) is 4.90 Å². The lowest BCUT2D eigenvalue weighted by atomic mass is 9.97. The van der Waals surface area contributed by atoms with Gasteiger partial charge in [0.05, 0.1) is 5.02 Å². The van der Waals surface area contributed by atoms with Crippen molar-refractivity contribution in [2.24, 2.45) is 5.92 Å². The average Bonchev–Trinajstić information content (AvgIpc) is 2.71. The minimum absolute atomic E-state index is 0.0543. The third-order valence-electron chi connectivity index (χ3n) is 4.68. The number of halogens is 4. The molecule has 2 aromatic carbocycles. The van der Waals surface area contributed by atoms with E-state index >= 15 is 0 Å². The van der Waals surface area contributed by atoms with E-state index in [2.05, 4.69) is 5.32 Å². The maximum absolute atomic E-state index is 12.9. The van der Waals surface area contributed by atoms with Crippen LogP contribution in [0.25, 0.3) is 0 Å². The van der Waals surface area contributed by atoms with Gasteiger partial charge in [-0.05, 0) is 55.3 Å². The molecule has 0 unspecified atom stereocenters. The SMILES string of the molecule is O=C(Nc1ccc(SC(F)F)cc1)C1CCN(S(=O)(=O)c2cc(Cl)ccc2Cl)CC1. The van der Waals surface area contributed by atoms with Gasteiger partial charge in [-0.15, -0.1) is 0 Å². The Morgan fingerprint density at radius 2 is 1.73 bits per heavy atom. The molecular weight excluding hydrogens is 477 g/mol. The van der Waals surface area contributed by atoms with E-state index in [-0.39, 0.29) is 39.9 Å². The Bertz CT molecular complexity index is 1010. The molecule has 162 valence electrons. The van der Waals surface area contributed by atoms with Crippen molar-refractivity contribution in [2.75, 3.05) is 18.4 Å². The third-order valence-corrected chi connectivity index (χ3v) is 8.02. The lowest BCUT2D eigenvalue weighted by Crippen LogP contribution is -2.41. The Morgan fingerprint density at radius 1 is 1.10 bits per heavy atom. The van der Waals surface area contributed by atoms with Gasteiger partial charge in [-0.2, -0.15) is 13.1 Å². The molecule has 1 heterocycles. The van der Waals surface area contributed by atoms with Crippen molar-refractivity contribution in [3.05, 3.63) is 52.5 Å². The molecule has 0 aliphatic carbocycles. The van der Waals surface area contributed by atoms with E-state index in [0.29, 0.717) is 35.2 Å². The molecule has 2 aromatic rings. The number of carbonyl (C=O) groups is 1. The van der Waals surface area contributed by atoms with Crippen LogP contribution in [0.15, 0.2) is 52.3 Å². The summed E-state index contributed by atoms with van der Waals surface area (Å²) in [7, 11) is -3.82. The number of anilines is 1. The van der Waals surface area contributed by atoms with Crippen molar-refractivity contribution in [2.45, 2.75) is 28.4 Å². The Morgan fingerprint density at radius 3 is 2.33 bits per heavy atom. The van der Waals surface area contributed by atoms with E-state index in [0.717, 1.165) is 0 Å². The predicted molar refractivity (Wildman–Crippen MR) is 115 cm³/mol. The van der Waals surface area contributed by atoms with Crippen LogP contribution in [0.1, 0.15) is 12.8 Å². The number of nitrogens with zero attached hydrogens (tertiary/aromatic N) is 1. The van der Waals surface area contributed by atoms with Gasteiger partial charge in [0.2, 0.25) is 15.9 Å². The third kappa shape index (κ3) is 5.64. The molecule has 1 aliphatic heterocycles. The van der Waals surface area contributed by atoms with Crippen LogP contribution in [0.4, 0.5) is 14.5 Å². The number of carbonyl (C=O) groups excluding carboxylic acids is 1. The van der Waals surface area contributed by atoms with Crippen molar-refractivity contribution in [3.63, 3.8) is 0 Å². The largest absolute Gasteiger partial charge is 0.326 e. The van der Waals surface area contributed by atoms with E-state index < -0.39 is 15.8 Å². The lowest BCUT2D eigenvalue weighted by molar-refractivity contribution is -0.120. The molecule has 1 aliphatic rings. The second-order valence-electron chi connectivity index (χ2n) is 6.65. The van der Waals surface area contributed by atoms with Crippen LogP contribution in [-0.4, -0.2) is 37.5 Å². The first-order valence-corrected chi connectivity index (χ1v) is 12.1. The van der Waals surface area contributed by atoms with Crippen molar-refractivity contribution in [1.82, 2.24) is 4.31 Å². The zero-order chi connectivity index (χ0) is 21.9. The summed E-state index contributed by atoms with van der Waals surface area (Å²) in [5.41, 5.74) is 0.499. The van der Waals surface area contributed by atoms with Gasteiger partial charge in [-0.1, -0.05) is 35.0 Å². The number of rotatable bonds is 6. The highest BCUT2D eigenvalue weighted by Gasteiger charge is 2.33. The summed E-state index contributed by atoms with van der Waals surface area (Å²) >= 11 is 12.4. The van der Waals surface area contributed by atoms with E-state index in [1.54, 1.807) is 12.1 Å². The van der Waals surface area contributed by atoms with Crippen LogP contribution in [0.3, 0.4) is 0 Å². The smallest absolute Gasteiger partial charge is 0.288 e. The number of hydrogen-bond acceptors (Lipinski definition) is 4. The molecule has 3 rings (SSSR count). The highest BCUT2D eigenvalue weighted by Crippen LogP contribution is 2.31. The number of piperidine rings is 1. The Balaban J connectivity index is 1.59. The molecule has 1 amide bonds. The van der Waals surface area contributed by atoms with Crippen LogP contribution in [0, 0.1) is 5.92 Å². The molecule has 0 aromatic heterocycles. The highest BCUT2D eigenvalue weighted by atomic mass is 35.5. The van der Waals surface area contributed by atoms with Gasteiger partial charge < -0.3 is 5.32 Å². The molecule has 0 radical (unpaired) electrons. The Kier molecular flexibility index (Phi) is 7.62. The molecule has 11 heteroatoms. The first kappa shape index (κ1) is 23.3. The van der Waals surface area contributed by atoms with Gasteiger partial charge in [0.25, 0.3) is 5.76 Å². The number of nitrogens with one attached hydrogen (secondary N) is 1. The number of thioether (sulfide) groups is 1. The molecular formula is C19H18Cl2F2N2O3S2. The Hall–Kier alpha value is -1.39. The van der Waals surface area contributed by atoms with Crippen molar-refractivity contribution >= 4 is 56.6 Å². The minimum atomic E-state index is -3.82. The van der Waals surface area contributed by atoms with Crippen molar-refractivity contribution in [1.29, 1.82) is 0 Å².